The zero-order valence-electron chi connectivity index (χ0n) is 19.0. The molecule has 5 rings (SSSR count). The van der Waals surface area contributed by atoms with E-state index in [1.54, 1.807) is 0 Å². The van der Waals surface area contributed by atoms with Gasteiger partial charge in [0.25, 0.3) is 5.91 Å². The lowest BCUT2D eigenvalue weighted by molar-refractivity contribution is -0.143. The fourth-order valence-corrected chi connectivity index (χ4v) is 6.52. The van der Waals surface area contributed by atoms with Gasteiger partial charge in [-0.25, -0.2) is 4.98 Å². The molecule has 3 heterocycles. The van der Waals surface area contributed by atoms with Gasteiger partial charge in [0.1, 0.15) is 10.0 Å². The van der Waals surface area contributed by atoms with Crippen LogP contribution in [0.2, 0.25) is 0 Å². The number of para-hydroxylation sites is 1. The first-order chi connectivity index (χ1) is 16.9. The van der Waals surface area contributed by atoms with Gasteiger partial charge in [-0.1, -0.05) is 12.1 Å². The summed E-state index contributed by atoms with van der Waals surface area (Å²) in [6, 6.07) is 8.34. The van der Waals surface area contributed by atoms with Gasteiger partial charge < -0.3 is 10.2 Å². The summed E-state index contributed by atoms with van der Waals surface area (Å²) in [6.45, 7) is 1.37. The highest BCUT2D eigenvalue weighted by Gasteiger charge is 2.38. The third-order valence-corrected chi connectivity index (χ3v) is 8.02. The standard InChI is InChI=1S/C24H17F6N3OS2.ClH/c1-33-7-6-15-18(11-33)36-22(19(15)21-31-16-4-2-3-5-17(16)35-21)32-20(34)12-8-13(23(25,26)27)10-14(9-12)24(28,29)30;/h2-5,8-10H,6-7,11H2,1H3,(H,32,34);1H. The van der Waals surface area contributed by atoms with Crippen LogP contribution in [0.15, 0.2) is 42.5 Å². The van der Waals surface area contributed by atoms with Gasteiger partial charge in [0.15, 0.2) is 0 Å². The van der Waals surface area contributed by atoms with E-state index in [1.807, 2.05) is 31.3 Å². The van der Waals surface area contributed by atoms with E-state index in [-0.39, 0.29) is 18.5 Å². The summed E-state index contributed by atoms with van der Waals surface area (Å²) >= 11 is 2.67. The second-order valence-corrected chi connectivity index (χ2v) is 10.6. The van der Waals surface area contributed by atoms with E-state index in [1.165, 1.54) is 22.7 Å². The lowest BCUT2D eigenvalue weighted by Gasteiger charge is -2.22. The average Bonchev–Trinajstić information content (AvgIpc) is 3.37. The fourth-order valence-electron chi connectivity index (χ4n) is 4.09. The van der Waals surface area contributed by atoms with Crippen LogP contribution in [-0.4, -0.2) is 29.4 Å². The molecule has 1 aliphatic rings. The van der Waals surface area contributed by atoms with E-state index in [4.69, 9.17) is 0 Å². The van der Waals surface area contributed by atoms with E-state index < -0.39 is 35.0 Å². The molecule has 1 amide bonds. The van der Waals surface area contributed by atoms with Crippen molar-refractivity contribution in [1.82, 2.24) is 9.88 Å². The van der Waals surface area contributed by atoms with Gasteiger partial charge in [-0.15, -0.1) is 35.1 Å². The van der Waals surface area contributed by atoms with Crippen molar-refractivity contribution in [2.45, 2.75) is 25.3 Å². The Morgan fingerprint density at radius 2 is 1.65 bits per heavy atom. The number of carbonyl (C=O) groups excluding carboxylic acids is 1. The highest BCUT2D eigenvalue weighted by atomic mass is 35.5. The number of halogens is 7. The third kappa shape index (κ3) is 5.47. The summed E-state index contributed by atoms with van der Waals surface area (Å²) < 4.78 is 80.7. The Labute approximate surface area is 221 Å². The lowest BCUT2D eigenvalue weighted by Crippen LogP contribution is -2.25. The Kier molecular flexibility index (Phi) is 7.32. The Bertz CT molecular complexity index is 1410. The molecule has 0 unspecified atom stereocenters. The molecule has 13 heteroatoms. The molecular formula is C24H18ClF6N3OS2. The maximum Gasteiger partial charge on any atom is 0.416 e. The number of aromatic nitrogens is 1. The van der Waals surface area contributed by atoms with Gasteiger partial charge in [-0.3, -0.25) is 4.79 Å². The molecule has 4 aromatic rings. The smallest absolute Gasteiger partial charge is 0.313 e. The van der Waals surface area contributed by atoms with Crippen molar-refractivity contribution < 1.29 is 31.1 Å². The van der Waals surface area contributed by atoms with Gasteiger partial charge in [-0.2, -0.15) is 26.3 Å². The van der Waals surface area contributed by atoms with E-state index in [2.05, 4.69) is 15.2 Å². The number of benzene rings is 2. The number of carbonyl (C=O) groups is 1. The number of nitrogens with one attached hydrogen (secondary N) is 1. The molecule has 196 valence electrons. The number of alkyl halides is 6. The summed E-state index contributed by atoms with van der Waals surface area (Å²) in [6.07, 6.45) is -9.42. The Morgan fingerprint density at radius 1 is 1.00 bits per heavy atom. The summed E-state index contributed by atoms with van der Waals surface area (Å²) in [7, 11) is 1.94. The molecule has 0 atom stereocenters. The number of hydrogen-bond donors (Lipinski definition) is 1. The number of amides is 1. The minimum Gasteiger partial charge on any atom is -0.313 e. The fraction of sp³-hybridized carbons (Fsp3) is 0.250. The number of nitrogens with zero attached hydrogens (tertiary/aromatic N) is 2. The predicted octanol–water partition coefficient (Wildman–Crippen LogP) is 7.72. The van der Waals surface area contributed by atoms with Crippen molar-refractivity contribution in [3.63, 3.8) is 0 Å². The molecule has 0 spiro atoms. The summed E-state index contributed by atoms with van der Waals surface area (Å²) in [5.41, 5.74) is -1.40. The molecular weight excluding hydrogens is 560 g/mol. The first kappa shape index (κ1) is 27.4. The number of anilines is 1. The van der Waals surface area contributed by atoms with Crippen LogP contribution in [0.1, 0.15) is 31.9 Å². The van der Waals surface area contributed by atoms with Crippen molar-refractivity contribution in [3.8, 4) is 10.6 Å². The van der Waals surface area contributed by atoms with Crippen molar-refractivity contribution in [3.05, 3.63) is 69.6 Å². The Hall–Kier alpha value is -2.67. The van der Waals surface area contributed by atoms with Gasteiger partial charge in [0, 0.05) is 29.1 Å². The topological polar surface area (TPSA) is 45.2 Å². The summed E-state index contributed by atoms with van der Waals surface area (Å²) in [5.74, 6) is -1.05. The summed E-state index contributed by atoms with van der Waals surface area (Å²) in [4.78, 5) is 20.8. The highest BCUT2D eigenvalue weighted by Crippen LogP contribution is 2.46. The predicted molar refractivity (Wildman–Crippen MR) is 135 cm³/mol. The van der Waals surface area contributed by atoms with Crippen molar-refractivity contribution in [2.24, 2.45) is 0 Å². The minimum atomic E-state index is -5.05. The zero-order valence-corrected chi connectivity index (χ0v) is 21.4. The molecule has 2 aromatic carbocycles. The number of hydrogen-bond acceptors (Lipinski definition) is 5. The molecule has 37 heavy (non-hydrogen) atoms. The molecule has 1 N–H and O–H groups in total. The second kappa shape index (κ2) is 9.90. The van der Waals surface area contributed by atoms with Gasteiger partial charge >= 0.3 is 12.4 Å². The van der Waals surface area contributed by atoms with Crippen LogP contribution < -0.4 is 5.32 Å². The van der Waals surface area contributed by atoms with Crippen molar-refractivity contribution >= 4 is 56.2 Å². The van der Waals surface area contributed by atoms with Crippen LogP contribution in [0.25, 0.3) is 20.8 Å². The second-order valence-electron chi connectivity index (χ2n) is 8.43. The maximum absolute atomic E-state index is 13.3. The quantitative estimate of drug-likeness (QED) is 0.254. The monoisotopic (exact) mass is 577 g/mol. The number of thiophene rings is 1. The molecule has 0 fully saturated rings. The van der Waals surface area contributed by atoms with Crippen molar-refractivity contribution in [2.75, 3.05) is 18.9 Å². The zero-order chi connectivity index (χ0) is 25.8. The average molecular weight is 578 g/mol. The molecule has 0 aliphatic carbocycles. The molecule has 2 aromatic heterocycles. The van der Waals surface area contributed by atoms with Crippen LogP contribution in [0.3, 0.4) is 0 Å². The SMILES string of the molecule is CN1CCc2c(sc(NC(=O)c3cc(C(F)(F)F)cc(C(F)(F)F)c3)c2-c2nc3ccccc3s2)C1.Cl. The first-order valence-electron chi connectivity index (χ1n) is 10.7. The van der Waals surface area contributed by atoms with Crippen LogP contribution in [0.4, 0.5) is 31.3 Å². The van der Waals surface area contributed by atoms with Gasteiger partial charge in [-0.05, 0) is 49.4 Å². The highest BCUT2D eigenvalue weighted by molar-refractivity contribution is 7.23. The molecule has 1 aliphatic heterocycles. The number of fused-ring (bicyclic) bond motifs is 2. The minimum absolute atomic E-state index is 0. The Balaban J connectivity index is 0.00000320. The van der Waals surface area contributed by atoms with Crippen LogP contribution in [-0.2, 0) is 25.3 Å². The van der Waals surface area contributed by atoms with E-state index >= 15 is 0 Å². The maximum atomic E-state index is 13.3. The van der Waals surface area contributed by atoms with Crippen LogP contribution in [0, 0.1) is 0 Å². The third-order valence-electron chi connectivity index (χ3n) is 5.83. The van der Waals surface area contributed by atoms with E-state index in [0.717, 1.165) is 27.2 Å². The number of likely N-dealkylation sites (N-methyl/N-ethyl adjacent to an activating group) is 1. The van der Waals surface area contributed by atoms with Gasteiger partial charge in [0.2, 0.25) is 0 Å². The number of thiazole rings is 1. The largest absolute Gasteiger partial charge is 0.416 e. The van der Waals surface area contributed by atoms with E-state index in [0.29, 0.717) is 40.7 Å². The van der Waals surface area contributed by atoms with Gasteiger partial charge in [0.05, 0.1) is 21.3 Å². The molecule has 4 nitrogen and oxygen atoms in total. The van der Waals surface area contributed by atoms with E-state index in [9.17, 15) is 31.1 Å². The molecule has 0 bridgehead atoms. The summed E-state index contributed by atoms with van der Waals surface area (Å²) in [5, 5.41) is 3.58. The first-order valence-corrected chi connectivity index (χ1v) is 12.3. The van der Waals surface area contributed by atoms with Crippen LogP contribution in [0.5, 0.6) is 0 Å². The lowest BCUT2D eigenvalue weighted by atomic mass is 10.0. The molecule has 0 saturated heterocycles. The van der Waals surface area contributed by atoms with Crippen LogP contribution >= 0.6 is 35.1 Å². The number of rotatable bonds is 3. The van der Waals surface area contributed by atoms with Crippen molar-refractivity contribution in [1.29, 1.82) is 0 Å². The Morgan fingerprint density at radius 3 is 2.27 bits per heavy atom. The molecule has 0 radical (unpaired) electrons. The molecule has 0 saturated carbocycles. The normalized spacial score (nSPS) is 14.4.